The lowest BCUT2D eigenvalue weighted by Gasteiger charge is -2.22. The molecular weight excluding hydrogens is 348 g/mol. The Bertz CT molecular complexity index is 1050. The second kappa shape index (κ2) is 5.53. The van der Waals surface area contributed by atoms with E-state index in [9.17, 15) is 13.2 Å². The number of benzene rings is 1. The SMILES string of the molecule is O=C1CCN(S(=O)(=O)c2ccc3ncsc3c2)c2ncccc2N1. The van der Waals surface area contributed by atoms with Gasteiger partial charge in [-0.25, -0.2) is 22.7 Å². The van der Waals surface area contributed by atoms with Gasteiger partial charge < -0.3 is 5.32 Å². The van der Waals surface area contributed by atoms with Crippen molar-refractivity contribution in [3.8, 4) is 0 Å². The Hall–Kier alpha value is -2.52. The average molecular weight is 360 g/mol. The number of fused-ring (bicyclic) bond motifs is 2. The lowest BCUT2D eigenvalue weighted by Crippen LogP contribution is -2.32. The summed E-state index contributed by atoms with van der Waals surface area (Å²) in [5, 5.41) is 2.69. The summed E-state index contributed by atoms with van der Waals surface area (Å²) >= 11 is 1.38. The van der Waals surface area contributed by atoms with E-state index >= 15 is 0 Å². The number of pyridine rings is 1. The Labute approximate surface area is 142 Å². The second-order valence-electron chi connectivity index (χ2n) is 5.23. The van der Waals surface area contributed by atoms with Gasteiger partial charge in [0, 0.05) is 19.2 Å². The summed E-state index contributed by atoms with van der Waals surface area (Å²) < 4.78 is 28.2. The highest BCUT2D eigenvalue weighted by molar-refractivity contribution is 7.92. The molecule has 4 rings (SSSR count). The number of anilines is 2. The molecule has 0 atom stereocenters. The lowest BCUT2D eigenvalue weighted by molar-refractivity contribution is -0.115. The topological polar surface area (TPSA) is 92.3 Å². The molecule has 1 aromatic carbocycles. The molecule has 1 aliphatic heterocycles. The van der Waals surface area contributed by atoms with Gasteiger partial charge in [0.15, 0.2) is 5.82 Å². The van der Waals surface area contributed by atoms with E-state index in [-0.39, 0.29) is 29.6 Å². The Morgan fingerprint density at radius 2 is 2.08 bits per heavy atom. The predicted octanol–water partition coefficient (Wildman–Crippen LogP) is 2.23. The Morgan fingerprint density at radius 1 is 1.21 bits per heavy atom. The van der Waals surface area contributed by atoms with Gasteiger partial charge in [-0.15, -0.1) is 11.3 Å². The summed E-state index contributed by atoms with van der Waals surface area (Å²) in [6, 6.07) is 8.10. The quantitative estimate of drug-likeness (QED) is 0.756. The zero-order valence-electron chi connectivity index (χ0n) is 12.3. The van der Waals surface area contributed by atoms with Crippen LogP contribution in [0.25, 0.3) is 10.2 Å². The van der Waals surface area contributed by atoms with E-state index in [1.165, 1.54) is 27.9 Å². The fraction of sp³-hybridized carbons (Fsp3) is 0.133. The van der Waals surface area contributed by atoms with Crippen LogP contribution in [0.1, 0.15) is 6.42 Å². The minimum Gasteiger partial charge on any atom is -0.323 e. The standard InChI is InChI=1S/C15H12N4O3S2/c20-14-5-7-19(15-12(18-14)2-1-6-16-15)24(21,22)10-3-4-11-13(8-10)23-9-17-11/h1-4,6,8-9H,5,7H2,(H,18,20). The molecular formula is C15H12N4O3S2. The number of hydrogen-bond donors (Lipinski definition) is 1. The van der Waals surface area contributed by atoms with Gasteiger partial charge in [-0.05, 0) is 30.3 Å². The number of aromatic nitrogens is 2. The number of carbonyl (C=O) groups is 1. The molecule has 0 fully saturated rings. The number of thiazole rings is 1. The van der Waals surface area contributed by atoms with Crippen LogP contribution < -0.4 is 9.62 Å². The van der Waals surface area contributed by atoms with Crippen LogP contribution in [0.15, 0.2) is 46.9 Å². The Kier molecular flexibility index (Phi) is 3.47. The van der Waals surface area contributed by atoms with E-state index in [4.69, 9.17) is 0 Å². The van der Waals surface area contributed by atoms with Crippen LogP contribution in [0.5, 0.6) is 0 Å². The molecule has 1 N–H and O–H groups in total. The van der Waals surface area contributed by atoms with E-state index in [2.05, 4.69) is 15.3 Å². The molecule has 0 spiro atoms. The van der Waals surface area contributed by atoms with Crippen LogP contribution in [-0.4, -0.2) is 30.8 Å². The van der Waals surface area contributed by atoms with Crippen LogP contribution in [0, 0.1) is 0 Å². The first-order chi connectivity index (χ1) is 11.6. The summed E-state index contributed by atoms with van der Waals surface area (Å²) in [5.74, 6) is -0.00684. The van der Waals surface area contributed by atoms with Crippen molar-refractivity contribution in [1.82, 2.24) is 9.97 Å². The molecule has 24 heavy (non-hydrogen) atoms. The first-order valence-corrected chi connectivity index (χ1v) is 9.48. The number of nitrogens with one attached hydrogen (secondary N) is 1. The third-order valence-electron chi connectivity index (χ3n) is 3.73. The highest BCUT2D eigenvalue weighted by Gasteiger charge is 2.31. The largest absolute Gasteiger partial charge is 0.323 e. The number of carbonyl (C=O) groups excluding carboxylic acids is 1. The molecule has 2 aromatic heterocycles. The van der Waals surface area contributed by atoms with Crippen molar-refractivity contribution in [2.24, 2.45) is 0 Å². The van der Waals surface area contributed by atoms with Crippen molar-refractivity contribution < 1.29 is 13.2 Å². The first kappa shape index (κ1) is 15.0. The fourth-order valence-corrected chi connectivity index (χ4v) is 4.83. The molecule has 0 saturated carbocycles. The van der Waals surface area contributed by atoms with Gasteiger partial charge in [0.2, 0.25) is 5.91 Å². The molecule has 122 valence electrons. The fourth-order valence-electron chi connectivity index (χ4n) is 2.57. The molecule has 0 unspecified atom stereocenters. The second-order valence-corrected chi connectivity index (χ2v) is 7.98. The van der Waals surface area contributed by atoms with E-state index in [0.29, 0.717) is 5.69 Å². The normalized spacial score (nSPS) is 15.0. The Morgan fingerprint density at radius 3 is 2.96 bits per heavy atom. The summed E-state index contributed by atoms with van der Waals surface area (Å²) in [6.45, 7) is 0.0406. The van der Waals surface area contributed by atoms with Gasteiger partial charge in [-0.3, -0.25) is 4.79 Å². The van der Waals surface area contributed by atoms with Crippen LogP contribution >= 0.6 is 11.3 Å². The van der Waals surface area contributed by atoms with Crippen molar-refractivity contribution in [2.45, 2.75) is 11.3 Å². The number of rotatable bonds is 2. The van der Waals surface area contributed by atoms with Crippen molar-refractivity contribution in [1.29, 1.82) is 0 Å². The highest BCUT2D eigenvalue weighted by atomic mass is 32.2. The molecule has 3 aromatic rings. The first-order valence-electron chi connectivity index (χ1n) is 7.16. The zero-order chi connectivity index (χ0) is 16.7. The Balaban J connectivity index is 1.85. The third-order valence-corrected chi connectivity index (χ3v) is 6.31. The van der Waals surface area contributed by atoms with Gasteiger partial charge in [-0.2, -0.15) is 0 Å². The average Bonchev–Trinajstić information content (AvgIpc) is 2.96. The molecule has 9 heteroatoms. The monoisotopic (exact) mass is 360 g/mol. The molecule has 1 amide bonds. The zero-order valence-corrected chi connectivity index (χ0v) is 14.0. The van der Waals surface area contributed by atoms with Crippen LogP contribution in [0.3, 0.4) is 0 Å². The molecule has 3 heterocycles. The number of nitrogens with zero attached hydrogens (tertiary/aromatic N) is 3. The minimum absolute atomic E-state index is 0.0406. The maximum absolute atomic E-state index is 13.1. The van der Waals surface area contributed by atoms with Crippen molar-refractivity contribution >= 4 is 49.0 Å². The van der Waals surface area contributed by atoms with Crippen LogP contribution in [-0.2, 0) is 14.8 Å². The smallest absolute Gasteiger partial charge is 0.265 e. The maximum atomic E-state index is 13.1. The van der Waals surface area contributed by atoms with Gasteiger partial charge in [0.25, 0.3) is 10.0 Å². The minimum atomic E-state index is -3.83. The summed E-state index contributed by atoms with van der Waals surface area (Å²) in [5.41, 5.74) is 2.82. The van der Waals surface area contributed by atoms with Gasteiger partial charge in [-0.1, -0.05) is 0 Å². The molecule has 0 bridgehead atoms. The highest BCUT2D eigenvalue weighted by Crippen LogP contribution is 2.32. The molecule has 0 aliphatic carbocycles. The van der Waals surface area contributed by atoms with Gasteiger partial charge in [0.05, 0.1) is 26.3 Å². The maximum Gasteiger partial charge on any atom is 0.265 e. The van der Waals surface area contributed by atoms with E-state index in [1.54, 1.807) is 29.8 Å². The van der Waals surface area contributed by atoms with Crippen LogP contribution in [0.4, 0.5) is 11.5 Å². The molecule has 1 aliphatic rings. The lowest BCUT2D eigenvalue weighted by atomic mass is 10.3. The predicted molar refractivity (Wildman–Crippen MR) is 91.6 cm³/mol. The van der Waals surface area contributed by atoms with Crippen LogP contribution in [0.2, 0.25) is 0 Å². The summed E-state index contributed by atoms with van der Waals surface area (Å²) in [6.07, 6.45) is 1.57. The summed E-state index contributed by atoms with van der Waals surface area (Å²) in [4.78, 5) is 20.3. The van der Waals surface area contributed by atoms with Crippen molar-refractivity contribution in [3.63, 3.8) is 0 Å². The number of hydrogen-bond acceptors (Lipinski definition) is 6. The summed E-state index contributed by atoms with van der Waals surface area (Å²) in [7, 11) is -3.83. The van der Waals surface area contributed by atoms with Crippen molar-refractivity contribution in [2.75, 3.05) is 16.2 Å². The van der Waals surface area contributed by atoms with Crippen molar-refractivity contribution in [3.05, 3.63) is 42.0 Å². The number of sulfonamides is 1. The van der Waals surface area contributed by atoms with Gasteiger partial charge in [0.1, 0.15) is 0 Å². The van der Waals surface area contributed by atoms with Gasteiger partial charge >= 0.3 is 0 Å². The van der Waals surface area contributed by atoms with E-state index in [1.807, 2.05) is 0 Å². The molecule has 7 nitrogen and oxygen atoms in total. The number of amides is 1. The van der Waals surface area contributed by atoms with E-state index < -0.39 is 10.0 Å². The third kappa shape index (κ3) is 2.42. The molecule has 0 radical (unpaired) electrons. The molecule has 0 saturated heterocycles. The van der Waals surface area contributed by atoms with E-state index in [0.717, 1.165) is 10.2 Å².